The maximum atomic E-state index is 3.73. The van der Waals surface area contributed by atoms with E-state index in [0.29, 0.717) is 12.0 Å². The zero-order valence-electron chi connectivity index (χ0n) is 33.2. The molecule has 0 saturated carbocycles. The van der Waals surface area contributed by atoms with Gasteiger partial charge in [0.05, 0.1) is 12.0 Å². The Morgan fingerprint density at radius 1 is 0.404 bits per heavy atom. The van der Waals surface area contributed by atoms with Crippen molar-refractivity contribution < 1.29 is 4.57 Å². The summed E-state index contributed by atoms with van der Waals surface area (Å²) < 4.78 is 2.61. The Balaban J connectivity index is 2.21. The second-order valence-electron chi connectivity index (χ2n) is 15.8. The minimum absolute atomic E-state index is 0.616. The zero-order chi connectivity index (χ0) is 33.9. The summed E-state index contributed by atoms with van der Waals surface area (Å²) in [6, 6.07) is 0.616. The van der Waals surface area contributed by atoms with Gasteiger partial charge in [-0.3, -0.25) is 0 Å². The van der Waals surface area contributed by atoms with Crippen LogP contribution in [-0.2, 0) is 0 Å². The normalized spacial score (nSPS) is 13.0. The molecule has 0 spiro atoms. The predicted molar refractivity (Wildman–Crippen MR) is 212 cm³/mol. The van der Waals surface area contributed by atoms with E-state index in [1.165, 1.54) is 237 Å². The molecule has 278 valence electrons. The summed E-state index contributed by atoms with van der Waals surface area (Å²) >= 11 is 0. The fourth-order valence-electron chi connectivity index (χ4n) is 7.83. The molecule has 2 nitrogen and oxygen atoms in total. The summed E-state index contributed by atoms with van der Waals surface area (Å²) in [6.07, 6.45) is 56.2. The van der Waals surface area contributed by atoms with E-state index in [1.54, 1.807) is 0 Å². The summed E-state index contributed by atoms with van der Waals surface area (Å²) in [5, 5.41) is 0. The Hall–Kier alpha value is -0.790. The highest BCUT2D eigenvalue weighted by Crippen LogP contribution is 2.27. The molecule has 0 aliphatic heterocycles. The molecule has 0 radical (unpaired) electrons. The highest BCUT2D eigenvalue weighted by molar-refractivity contribution is 4.90. The van der Waals surface area contributed by atoms with Crippen LogP contribution >= 0.6 is 0 Å². The van der Waals surface area contributed by atoms with E-state index in [-0.39, 0.29) is 0 Å². The van der Waals surface area contributed by atoms with Crippen LogP contribution in [0.4, 0.5) is 0 Å². The molecule has 0 aromatic carbocycles. The number of aromatic nitrogens is 2. The van der Waals surface area contributed by atoms with Crippen LogP contribution in [0.1, 0.15) is 277 Å². The molecule has 2 unspecified atom stereocenters. The Morgan fingerprint density at radius 3 is 1.02 bits per heavy atom. The lowest BCUT2D eigenvalue weighted by atomic mass is 9.92. The van der Waals surface area contributed by atoms with E-state index in [4.69, 9.17) is 0 Å². The number of hydrogen-bond acceptors (Lipinski definition) is 0. The van der Waals surface area contributed by atoms with Gasteiger partial charge in [0.25, 0.3) is 5.82 Å². The highest BCUT2D eigenvalue weighted by Gasteiger charge is 2.25. The number of H-pyrrole nitrogens is 1. The van der Waals surface area contributed by atoms with Gasteiger partial charge in [-0.1, -0.05) is 226 Å². The minimum Gasteiger partial charge on any atom is -0.247 e. The fourth-order valence-corrected chi connectivity index (χ4v) is 7.83. The van der Waals surface area contributed by atoms with Gasteiger partial charge < -0.3 is 0 Å². The Bertz CT molecular complexity index is 723. The first kappa shape index (κ1) is 44.2. The first-order chi connectivity index (χ1) is 23.2. The highest BCUT2D eigenvalue weighted by atomic mass is 15.1. The number of rotatable bonds is 38. The van der Waals surface area contributed by atoms with E-state index in [9.17, 15) is 0 Å². The van der Waals surface area contributed by atoms with Crippen LogP contribution in [-0.4, -0.2) is 4.98 Å². The number of aromatic amines is 1. The van der Waals surface area contributed by atoms with E-state index >= 15 is 0 Å². The molecule has 2 heteroatoms. The van der Waals surface area contributed by atoms with Crippen LogP contribution in [0, 0.1) is 0 Å². The number of unbranched alkanes of at least 4 members (excludes halogenated alkanes) is 30. The van der Waals surface area contributed by atoms with Gasteiger partial charge in [-0.2, -0.15) is 0 Å². The van der Waals surface area contributed by atoms with Gasteiger partial charge in [-0.25, -0.2) is 9.55 Å². The van der Waals surface area contributed by atoms with Crippen molar-refractivity contribution in [2.75, 3.05) is 0 Å². The molecule has 0 saturated heterocycles. The summed E-state index contributed by atoms with van der Waals surface area (Å²) in [5.74, 6) is 2.24. The van der Waals surface area contributed by atoms with Crippen molar-refractivity contribution in [2.24, 2.45) is 0 Å². The summed E-state index contributed by atoms with van der Waals surface area (Å²) in [5.41, 5.74) is 0. The molecular weight excluding hydrogens is 569 g/mol. The molecule has 2 atom stereocenters. The van der Waals surface area contributed by atoms with Gasteiger partial charge in [0, 0.05) is 0 Å². The molecule has 0 bridgehead atoms. The Labute approximate surface area is 297 Å². The molecule has 1 N–H and O–H groups in total. The third-order valence-corrected chi connectivity index (χ3v) is 11.1. The van der Waals surface area contributed by atoms with Crippen molar-refractivity contribution in [2.45, 2.75) is 271 Å². The van der Waals surface area contributed by atoms with Gasteiger partial charge in [-0.15, -0.1) is 0 Å². The number of nitrogens with zero attached hydrogens (tertiary/aromatic N) is 1. The second kappa shape index (κ2) is 35.1. The second-order valence-corrected chi connectivity index (χ2v) is 15.8. The molecule has 0 aliphatic carbocycles. The molecule has 1 aromatic heterocycles. The fraction of sp³-hybridized carbons (Fsp3) is 0.933. The lowest BCUT2D eigenvalue weighted by molar-refractivity contribution is -0.727. The van der Waals surface area contributed by atoms with Crippen molar-refractivity contribution in [3.8, 4) is 0 Å². The van der Waals surface area contributed by atoms with E-state index in [2.05, 4.69) is 49.6 Å². The van der Waals surface area contributed by atoms with E-state index in [0.717, 1.165) is 0 Å². The zero-order valence-corrected chi connectivity index (χ0v) is 33.2. The summed E-state index contributed by atoms with van der Waals surface area (Å²) in [4.78, 5) is 3.73. The molecule has 0 aliphatic rings. The van der Waals surface area contributed by atoms with Crippen LogP contribution < -0.4 is 4.57 Å². The smallest absolute Gasteiger partial charge is 0.247 e. The van der Waals surface area contributed by atoms with Crippen molar-refractivity contribution in [1.82, 2.24) is 4.98 Å². The van der Waals surface area contributed by atoms with Crippen LogP contribution in [0.15, 0.2) is 12.4 Å². The molecular formula is C45H89N2+. The SMILES string of the molecule is CCCCCCCCCCCCCCCCCCC(CCCCCCCCCCCCCCCCC)c1[nH]cc[n+]1C(C)CCCC. The third-order valence-electron chi connectivity index (χ3n) is 11.1. The first-order valence-corrected chi connectivity index (χ1v) is 22.3. The average Bonchev–Trinajstić information content (AvgIpc) is 3.58. The van der Waals surface area contributed by atoms with Crippen LogP contribution in [0.2, 0.25) is 0 Å². The van der Waals surface area contributed by atoms with Crippen molar-refractivity contribution in [1.29, 1.82) is 0 Å². The maximum absolute atomic E-state index is 3.73. The van der Waals surface area contributed by atoms with Crippen molar-refractivity contribution in [3.05, 3.63) is 18.2 Å². The topological polar surface area (TPSA) is 19.7 Å². The van der Waals surface area contributed by atoms with Gasteiger partial charge in [0.2, 0.25) is 0 Å². The standard InChI is InChI=1S/C45H88N2/c1-5-8-11-13-15-17-19-21-23-25-27-29-31-33-35-37-40-44(45-46-41-42-47(45)43(4)38-10-7-3)39-36-34-32-30-28-26-24-22-20-18-16-14-12-9-6-2/h41-44H,5-40H2,1-4H3/p+1. The minimum atomic E-state index is 0.616. The molecule has 1 heterocycles. The van der Waals surface area contributed by atoms with Crippen molar-refractivity contribution >= 4 is 0 Å². The first-order valence-electron chi connectivity index (χ1n) is 22.3. The van der Waals surface area contributed by atoms with Crippen LogP contribution in [0.5, 0.6) is 0 Å². The van der Waals surface area contributed by atoms with E-state index in [1.807, 2.05) is 0 Å². The lowest BCUT2D eigenvalue weighted by Crippen LogP contribution is -2.41. The molecule has 0 fully saturated rings. The van der Waals surface area contributed by atoms with Crippen LogP contribution in [0.3, 0.4) is 0 Å². The van der Waals surface area contributed by atoms with Gasteiger partial charge in [0.1, 0.15) is 12.4 Å². The third kappa shape index (κ3) is 26.7. The van der Waals surface area contributed by atoms with Gasteiger partial charge in [-0.05, 0) is 32.6 Å². The molecule has 1 aromatic rings. The number of hydrogen-bond donors (Lipinski definition) is 1. The maximum Gasteiger partial charge on any atom is 0.257 e. The summed E-state index contributed by atoms with van der Waals surface area (Å²) in [7, 11) is 0. The lowest BCUT2D eigenvalue weighted by Gasteiger charge is -2.17. The molecule has 1 rings (SSSR count). The molecule has 0 amide bonds. The summed E-state index contributed by atoms with van der Waals surface area (Å²) in [6.45, 7) is 9.39. The number of imidazole rings is 1. The average molecular weight is 658 g/mol. The van der Waals surface area contributed by atoms with Crippen molar-refractivity contribution in [3.63, 3.8) is 0 Å². The number of nitrogens with one attached hydrogen (secondary N) is 1. The quantitative estimate of drug-likeness (QED) is 0.0539. The van der Waals surface area contributed by atoms with Crippen LogP contribution in [0.25, 0.3) is 0 Å². The monoisotopic (exact) mass is 658 g/mol. The van der Waals surface area contributed by atoms with Gasteiger partial charge >= 0.3 is 0 Å². The largest absolute Gasteiger partial charge is 0.257 e. The molecule has 47 heavy (non-hydrogen) atoms. The van der Waals surface area contributed by atoms with E-state index < -0.39 is 0 Å². The predicted octanol–water partition coefficient (Wildman–Crippen LogP) is 16.1. The Kier molecular flexibility index (Phi) is 33.0. The van der Waals surface area contributed by atoms with Gasteiger partial charge in [0.15, 0.2) is 0 Å². The Morgan fingerprint density at radius 2 is 0.702 bits per heavy atom.